The van der Waals surface area contributed by atoms with E-state index in [1.807, 2.05) is 12.1 Å². The lowest BCUT2D eigenvalue weighted by atomic mass is 9.68. The first-order valence-electron chi connectivity index (χ1n) is 17.2. The number of hydrogen-bond donors (Lipinski definition) is 3. The molecular weight excluding hydrogens is 662 g/mol. The standard InChI is InChI=1S/C38H42ClN3O6S/c39-28-14-16-32-25(19-28)7-6-18-38(32)23-42-22-27-12-15-31(27)34(43)11-5-4-10-30(21-36(44)40-29-8-2-1-3-9-29)49(46,47)41-37(45)26-13-17-35(48-24-38)33(42)20-26/h1-3,5,8-9,11,13-14,16-17,19-20,27,30-31,34,43H,4,6-7,10,12,15,18,21-24H2,(H,40,44)(H,41,45)/b11-5+/t27-,30?,31+,34-,38-/m0/s1. The van der Waals surface area contributed by atoms with E-state index < -0.39 is 33.2 Å². The zero-order valence-electron chi connectivity index (χ0n) is 27.3. The number of sulfonamides is 1. The van der Waals surface area contributed by atoms with E-state index in [-0.39, 0.29) is 35.7 Å². The molecule has 3 aromatic carbocycles. The molecule has 49 heavy (non-hydrogen) atoms. The second-order valence-corrected chi connectivity index (χ2v) is 16.4. The quantitative estimate of drug-likeness (QED) is 0.286. The molecule has 5 atom stereocenters. The third-order valence-corrected chi connectivity index (χ3v) is 12.8. The molecule has 1 saturated carbocycles. The smallest absolute Gasteiger partial charge is 0.264 e. The van der Waals surface area contributed by atoms with Crippen molar-refractivity contribution in [3.63, 3.8) is 0 Å². The van der Waals surface area contributed by atoms with Gasteiger partial charge >= 0.3 is 0 Å². The SMILES string of the molecule is O=C(CC1CC/C=C/[C@H](O)[C@@H]2CC[C@H]2CN2C[C@@]3(CCCc4cc(Cl)ccc43)COc3ccc(cc32)C(=O)NS1(=O)=O)Nc1ccccc1. The molecule has 2 heterocycles. The minimum absolute atomic E-state index is 0.0489. The van der Waals surface area contributed by atoms with Crippen LogP contribution in [0, 0.1) is 11.8 Å². The number of nitrogens with zero attached hydrogens (tertiary/aromatic N) is 1. The molecule has 1 fully saturated rings. The lowest BCUT2D eigenvalue weighted by Gasteiger charge is -2.45. The molecule has 0 aromatic heterocycles. The molecule has 4 aliphatic rings. The minimum Gasteiger partial charge on any atom is -0.490 e. The normalized spacial score (nSPS) is 28.4. The largest absolute Gasteiger partial charge is 0.490 e. The van der Waals surface area contributed by atoms with Gasteiger partial charge in [-0.25, -0.2) is 13.1 Å². The van der Waals surface area contributed by atoms with Crippen molar-refractivity contribution in [1.82, 2.24) is 4.72 Å². The molecule has 11 heteroatoms. The Morgan fingerprint density at radius 1 is 1.08 bits per heavy atom. The first-order chi connectivity index (χ1) is 23.6. The van der Waals surface area contributed by atoms with E-state index in [0.29, 0.717) is 42.6 Å². The van der Waals surface area contributed by atoms with Crippen LogP contribution >= 0.6 is 11.6 Å². The number of nitrogens with one attached hydrogen (secondary N) is 2. The number of carbonyl (C=O) groups is 2. The molecule has 0 radical (unpaired) electrons. The number of allylic oxidation sites excluding steroid dienone is 1. The summed E-state index contributed by atoms with van der Waals surface area (Å²) in [5, 5.41) is 13.5. The molecule has 2 bridgehead atoms. The molecule has 0 saturated heterocycles. The zero-order chi connectivity index (χ0) is 34.2. The number of ether oxygens (including phenoxy) is 1. The fourth-order valence-corrected chi connectivity index (χ4v) is 9.60. The predicted molar refractivity (Wildman–Crippen MR) is 191 cm³/mol. The molecule has 2 aliphatic heterocycles. The van der Waals surface area contributed by atoms with Gasteiger partial charge in [0.2, 0.25) is 15.9 Å². The van der Waals surface area contributed by atoms with Gasteiger partial charge in [-0.3, -0.25) is 9.59 Å². The average Bonchev–Trinajstić information content (AvgIpc) is 3.21. The number of rotatable bonds is 3. The van der Waals surface area contributed by atoms with Crippen LogP contribution in [0.1, 0.15) is 66.4 Å². The molecule has 7 rings (SSSR count). The lowest BCUT2D eigenvalue weighted by molar-refractivity contribution is -0.116. The van der Waals surface area contributed by atoms with Gasteiger partial charge in [-0.15, -0.1) is 0 Å². The summed E-state index contributed by atoms with van der Waals surface area (Å²) in [7, 11) is -4.27. The molecule has 1 spiro atoms. The van der Waals surface area contributed by atoms with Crippen molar-refractivity contribution in [3.05, 3.63) is 101 Å². The molecule has 2 aliphatic carbocycles. The summed E-state index contributed by atoms with van der Waals surface area (Å²) < 4.78 is 36.3. The summed E-state index contributed by atoms with van der Waals surface area (Å²) in [4.78, 5) is 28.9. The summed E-state index contributed by atoms with van der Waals surface area (Å²) >= 11 is 6.41. The maximum Gasteiger partial charge on any atom is 0.264 e. The van der Waals surface area contributed by atoms with Gasteiger partial charge in [0.1, 0.15) is 5.75 Å². The monoisotopic (exact) mass is 703 g/mol. The van der Waals surface area contributed by atoms with E-state index in [2.05, 4.69) is 27.1 Å². The Morgan fingerprint density at radius 2 is 1.92 bits per heavy atom. The summed E-state index contributed by atoms with van der Waals surface area (Å²) in [6, 6.07) is 20.0. The molecule has 3 N–H and O–H groups in total. The van der Waals surface area contributed by atoms with E-state index >= 15 is 0 Å². The minimum atomic E-state index is -4.27. The second-order valence-electron chi connectivity index (χ2n) is 14.0. The molecule has 258 valence electrons. The van der Waals surface area contributed by atoms with Gasteiger partial charge < -0.3 is 20.1 Å². The van der Waals surface area contributed by atoms with Crippen molar-refractivity contribution < 1.29 is 27.9 Å². The first-order valence-corrected chi connectivity index (χ1v) is 19.1. The number of aliphatic hydroxyl groups excluding tert-OH is 1. The summed E-state index contributed by atoms with van der Waals surface area (Å²) in [5.74, 6) is -0.329. The number of aliphatic hydroxyl groups is 1. The maximum atomic E-state index is 13.7. The number of amides is 2. The molecule has 1 unspecified atom stereocenters. The van der Waals surface area contributed by atoms with Crippen LogP contribution in [0.4, 0.5) is 11.4 Å². The fraction of sp³-hybridized carbons (Fsp3) is 0.421. The van der Waals surface area contributed by atoms with Crippen molar-refractivity contribution in [1.29, 1.82) is 0 Å². The van der Waals surface area contributed by atoms with Crippen LogP contribution in [0.15, 0.2) is 78.9 Å². The topological polar surface area (TPSA) is 125 Å². The number of aryl methyl sites for hydroxylation is 1. The van der Waals surface area contributed by atoms with Crippen molar-refractivity contribution in [2.75, 3.05) is 29.9 Å². The summed E-state index contributed by atoms with van der Waals surface area (Å²) in [6.45, 7) is 1.77. The lowest BCUT2D eigenvalue weighted by Crippen LogP contribution is -2.49. The van der Waals surface area contributed by atoms with E-state index in [4.69, 9.17) is 16.3 Å². The highest BCUT2D eigenvalue weighted by Crippen LogP contribution is 2.46. The van der Waals surface area contributed by atoms with E-state index in [9.17, 15) is 23.1 Å². The molecular formula is C38H42ClN3O6S. The van der Waals surface area contributed by atoms with Crippen molar-refractivity contribution in [3.8, 4) is 5.75 Å². The Bertz CT molecular complexity index is 1870. The molecule has 3 aromatic rings. The predicted octanol–water partition coefficient (Wildman–Crippen LogP) is 6.01. The van der Waals surface area contributed by atoms with Crippen LogP contribution in [-0.2, 0) is 26.7 Å². The van der Waals surface area contributed by atoms with Crippen molar-refractivity contribution in [2.24, 2.45) is 11.8 Å². The first kappa shape index (κ1) is 33.6. The average molecular weight is 704 g/mol. The number of para-hydroxylation sites is 1. The van der Waals surface area contributed by atoms with Gasteiger partial charge in [0.15, 0.2) is 0 Å². The Morgan fingerprint density at radius 3 is 2.71 bits per heavy atom. The number of benzene rings is 3. The second kappa shape index (κ2) is 13.8. The zero-order valence-corrected chi connectivity index (χ0v) is 28.9. The maximum absolute atomic E-state index is 13.7. The van der Waals surface area contributed by atoms with Gasteiger partial charge in [-0.2, -0.15) is 0 Å². The highest BCUT2D eigenvalue weighted by Gasteiger charge is 2.44. The third-order valence-electron chi connectivity index (χ3n) is 10.8. The van der Waals surface area contributed by atoms with Gasteiger partial charge in [0.25, 0.3) is 5.91 Å². The Kier molecular flexibility index (Phi) is 9.47. The number of halogens is 1. The van der Waals surface area contributed by atoms with Crippen LogP contribution in [0.2, 0.25) is 5.02 Å². The van der Waals surface area contributed by atoms with Crippen molar-refractivity contribution >= 4 is 44.8 Å². The van der Waals surface area contributed by atoms with Gasteiger partial charge in [0.05, 0.1) is 23.6 Å². The highest BCUT2D eigenvalue weighted by atomic mass is 35.5. The van der Waals surface area contributed by atoms with Gasteiger partial charge in [-0.05, 0) is 110 Å². The van der Waals surface area contributed by atoms with Crippen LogP contribution in [0.3, 0.4) is 0 Å². The Hall–Kier alpha value is -3.86. The Balaban J connectivity index is 1.22. The van der Waals surface area contributed by atoms with Crippen LogP contribution < -0.4 is 19.7 Å². The highest BCUT2D eigenvalue weighted by molar-refractivity contribution is 7.90. The van der Waals surface area contributed by atoms with Gasteiger partial charge in [-0.1, -0.05) is 48.0 Å². The van der Waals surface area contributed by atoms with Crippen LogP contribution in [0.5, 0.6) is 5.75 Å². The van der Waals surface area contributed by atoms with E-state index in [0.717, 1.165) is 37.8 Å². The van der Waals surface area contributed by atoms with Crippen molar-refractivity contribution in [2.45, 2.75) is 68.1 Å². The summed E-state index contributed by atoms with van der Waals surface area (Å²) in [6.07, 6.45) is 7.69. The molecule has 9 nitrogen and oxygen atoms in total. The third kappa shape index (κ3) is 7.09. The van der Waals surface area contributed by atoms with Gasteiger partial charge in [0, 0.05) is 41.2 Å². The molecule has 2 amide bonds. The summed E-state index contributed by atoms with van der Waals surface area (Å²) in [5.41, 5.74) is 3.61. The van der Waals surface area contributed by atoms with E-state index in [1.165, 1.54) is 11.1 Å². The number of anilines is 2. The van der Waals surface area contributed by atoms with Crippen LogP contribution in [-0.4, -0.2) is 56.4 Å². The number of fused-ring (bicyclic) bond motifs is 4. The van der Waals surface area contributed by atoms with Crippen LogP contribution in [0.25, 0.3) is 0 Å². The number of carbonyl (C=O) groups excluding carboxylic acids is 2. The fourth-order valence-electron chi connectivity index (χ4n) is 8.05. The Labute approximate surface area is 292 Å². The number of hydrogen-bond acceptors (Lipinski definition) is 7. The van der Waals surface area contributed by atoms with E-state index in [1.54, 1.807) is 54.6 Å².